The molecule has 1 saturated carbocycles. The second-order valence-corrected chi connectivity index (χ2v) is 6.10. The van der Waals surface area contributed by atoms with Crippen LogP contribution in [0, 0.1) is 6.92 Å². The molecular weight excluding hydrogens is 288 g/mol. The van der Waals surface area contributed by atoms with Gasteiger partial charge in [0.15, 0.2) is 5.69 Å². The number of carbonyl (C=O) groups excluding carboxylic acids is 1. The summed E-state index contributed by atoms with van der Waals surface area (Å²) in [5.41, 5.74) is 2.60. The van der Waals surface area contributed by atoms with Crippen molar-refractivity contribution in [2.24, 2.45) is 0 Å². The van der Waals surface area contributed by atoms with Crippen LogP contribution in [-0.2, 0) is 6.54 Å². The molecule has 0 radical (unpaired) electrons. The van der Waals surface area contributed by atoms with Gasteiger partial charge < -0.3 is 10.6 Å². The Balaban J connectivity index is 1.54. The number of nitrogens with one attached hydrogen (secondary N) is 2. The summed E-state index contributed by atoms with van der Waals surface area (Å²) in [6.45, 7) is 2.52. The number of hydrogen-bond acceptors (Lipinski definition) is 4. The van der Waals surface area contributed by atoms with Gasteiger partial charge in [0.25, 0.3) is 5.91 Å². The van der Waals surface area contributed by atoms with Crippen LogP contribution in [0.1, 0.15) is 47.3 Å². The van der Waals surface area contributed by atoms with E-state index in [4.69, 9.17) is 0 Å². The quantitative estimate of drug-likeness (QED) is 0.890. The van der Waals surface area contributed by atoms with Gasteiger partial charge in [0.05, 0.1) is 0 Å². The minimum atomic E-state index is -0.202. The van der Waals surface area contributed by atoms with Crippen LogP contribution in [0.2, 0.25) is 0 Å². The van der Waals surface area contributed by atoms with Crippen molar-refractivity contribution in [1.29, 1.82) is 0 Å². The Morgan fingerprint density at radius 2 is 2.00 bits per heavy atom. The number of aromatic nitrogens is 2. The van der Waals surface area contributed by atoms with Crippen molar-refractivity contribution >= 4 is 11.7 Å². The molecule has 1 aliphatic rings. The van der Waals surface area contributed by atoms with Gasteiger partial charge in [-0.3, -0.25) is 4.79 Å². The first-order valence-corrected chi connectivity index (χ1v) is 8.15. The van der Waals surface area contributed by atoms with Crippen molar-refractivity contribution < 1.29 is 4.79 Å². The molecule has 0 saturated heterocycles. The van der Waals surface area contributed by atoms with Crippen LogP contribution in [0.4, 0.5) is 5.82 Å². The van der Waals surface area contributed by atoms with E-state index in [9.17, 15) is 4.79 Å². The molecule has 1 aromatic carbocycles. The van der Waals surface area contributed by atoms with Crippen molar-refractivity contribution in [3.8, 4) is 0 Å². The van der Waals surface area contributed by atoms with Gasteiger partial charge in [-0.25, -0.2) is 0 Å². The van der Waals surface area contributed by atoms with Crippen LogP contribution >= 0.6 is 0 Å². The second kappa shape index (κ2) is 7.22. The molecule has 0 aliphatic heterocycles. The summed E-state index contributed by atoms with van der Waals surface area (Å²) in [6, 6.07) is 12.1. The molecule has 0 bridgehead atoms. The zero-order valence-electron chi connectivity index (χ0n) is 13.4. The van der Waals surface area contributed by atoms with E-state index in [1.54, 1.807) is 6.07 Å². The summed E-state index contributed by atoms with van der Waals surface area (Å²) in [6.07, 6.45) is 4.90. The number of amides is 1. The number of nitrogens with zero attached hydrogens (tertiary/aromatic N) is 2. The third-order valence-corrected chi connectivity index (χ3v) is 4.14. The summed E-state index contributed by atoms with van der Waals surface area (Å²) in [5, 5.41) is 14.4. The molecule has 5 nitrogen and oxygen atoms in total. The van der Waals surface area contributed by atoms with Gasteiger partial charge in [-0.2, -0.15) is 0 Å². The van der Waals surface area contributed by atoms with E-state index >= 15 is 0 Å². The van der Waals surface area contributed by atoms with Gasteiger partial charge in [0, 0.05) is 12.6 Å². The van der Waals surface area contributed by atoms with E-state index < -0.39 is 0 Å². The topological polar surface area (TPSA) is 66.9 Å². The van der Waals surface area contributed by atoms with Crippen LogP contribution in [-0.4, -0.2) is 22.1 Å². The van der Waals surface area contributed by atoms with Crippen LogP contribution in [0.5, 0.6) is 0 Å². The van der Waals surface area contributed by atoms with Crippen LogP contribution in [0.25, 0.3) is 0 Å². The predicted molar refractivity (Wildman–Crippen MR) is 90.3 cm³/mol. The first-order valence-electron chi connectivity index (χ1n) is 8.15. The van der Waals surface area contributed by atoms with E-state index in [1.165, 1.54) is 31.2 Å². The largest absolute Gasteiger partial charge is 0.366 e. The molecule has 23 heavy (non-hydrogen) atoms. The third kappa shape index (κ3) is 4.28. The van der Waals surface area contributed by atoms with Gasteiger partial charge >= 0.3 is 0 Å². The lowest BCUT2D eigenvalue weighted by Gasteiger charge is -2.12. The van der Waals surface area contributed by atoms with Gasteiger partial charge in [0.1, 0.15) is 5.82 Å². The highest BCUT2D eigenvalue weighted by Crippen LogP contribution is 2.21. The molecule has 2 N–H and O–H groups in total. The van der Waals surface area contributed by atoms with E-state index in [0.29, 0.717) is 18.3 Å². The molecule has 1 amide bonds. The lowest BCUT2D eigenvalue weighted by molar-refractivity contribution is 0.0945. The minimum Gasteiger partial charge on any atom is -0.366 e. The van der Waals surface area contributed by atoms with E-state index in [-0.39, 0.29) is 5.91 Å². The van der Waals surface area contributed by atoms with E-state index in [0.717, 1.165) is 11.4 Å². The first kappa shape index (κ1) is 15.5. The van der Waals surface area contributed by atoms with Crippen molar-refractivity contribution in [1.82, 2.24) is 15.5 Å². The second-order valence-electron chi connectivity index (χ2n) is 6.10. The summed E-state index contributed by atoms with van der Waals surface area (Å²) < 4.78 is 0. The molecular formula is C18H22N4O. The standard InChI is InChI=1S/C18H22N4O/c1-13-5-4-6-14(11-13)12-19-18(23)16-9-10-17(22-21-16)20-15-7-2-3-8-15/h4-6,9-11,15H,2-3,7-8,12H2,1H3,(H,19,23)(H,20,22). The fourth-order valence-electron chi connectivity index (χ4n) is 2.90. The van der Waals surface area contributed by atoms with Gasteiger partial charge in [-0.05, 0) is 37.5 Å². The van der Waals surface area contributed by atoms with E-state index in [2.05, 4.69) is 26.9 Å². The van der Waals surface area contributed by atoms with Gasteiger partial charge in [-0.1, -0.05) is 42.7 Å². The Kier molecular flexibility index (Phi) is 4.86. The number of rotatable bonds is 5. The first-order chi connectivity index (χ1) is 11.2. The van der Waals surface area contributed by atoms with Crippen LogP contribution in [0.3, 0.4) is 0 Å². The highest BCUT2D eigenvalue weighted by Gasteiger charge is 2.15. The molecule has 1 fully saturated rings. The lowest BCUT2D eigenvalue weighted by atomic mass is 10.1. The third-order valence-electron chi connectivity index (χ3n) is 4.14. The smallest absolute Gasteiger partial charge is 0.272 e. The molecule has 0 spiro atoms. The van der Waals surface area contributed by atoms with E-state index in [1.807, 2.05) is 31.2 Å². The Hall–Kier alpha value is -2.43. The average molecular weight is 310 g/mol. The highest BCUT2D eigenvalue weighted by molar-refractivity contribution is 5.92. The van der Waals surface area contributed by atoms with Crippen molar-refractivity contribution in [2.45, 2.75) is 45.2 Å². The number of hydrogen-bond donors (Lipinski definition) is 2. The average Bonchev–Trinajstić information content (AvgIpc) is 3.06. The Morgan fingerprint density at radius 3 is 2.70 bits per heavy atom. The van der Waals surface area contributed by atoms with Crippen LogP contribution in [0.15, 0.2) is 36.4 Å². The van der Waals surface area contributed by atoms with Gasteiger partial charge in [-0.15, -0.1) is 10.2 Å². The van der Waals surface area contributed by atoms with Crippen molar-refractivity contribution in [2.75, 3.05) is 5.32 Å². The summed E-state index contributed by atoms with van der Waals surface area (Å²) >= 11 is 0. The maximum Gasteiger partial charge on any atom is 0.272 e. The zero-order chi connectivity index (χ0) is 16.1. The summed E-state index contributed by atoms with van der Waals surface area (Å²) in [7, 11) is 0. The number of anilines is 1. The van der Waals surface area contributed by atoms with Crippen molar-refractivity contribution in [3.05, 3.63) is 53.2 Å². The highest BCUT2D eigenvalue weighted by atomic mass is 16.1. The number of aryl methyl sites for hydroxylation is 1. The maximum absolute atomic E-state index is 12.1. The molecule has 2 aromatic rings. The molecule has 0 atom stereocenters. The lowest BCUT2D eigenvalue weighted by Crippen LogP contribution is -2.24. The summed E-state index contributed by atoms with van der Waals surface area (Å²) in [4.78, 5) is 12.1. The molecule has 0 unspecified atom stereocenters. The molecule has 1 aliphatic carbocycles. The number of carbonyl (C=O) groups is 1. The summed E-state index contributed by atoms with van der Waals surface area (Å²) in [5.74, 6) is 0.540. The molecule has 5 heteroatoms. The zero-order valence-corrected chi connectivity index (χ0v) is 13.4. The Labute approximate surface area is 136 Å². The molecule has 3 rings (SSSR count). The SMILES string of the molecule is Cc1cccc(CNC(=O)c2ccc(NC3CCCC3)nn2)c1. The monoisotopic (exact) mass is 310 g/mol. The molecule has 1 aromatic heterocycles. The Bertz CT molecular complexity index is 663. The maximum atomic E-state index is 12.1. The van der Waals surface area contributed by atoms with Crippen molar-refractivity contribution in [3.63, 3.8) is 0 Å². The predicted octanol–water partition coefficient (Wildman–Crippen LogP) is 3.07. The molecule has 1 heterocycles. The fraction of sp³-hybridized carbons (Fsp3) is 0.389. The Morgan fingerprint density at radius 1 is 1.17 bits per heavy atom. The fourth-order valence-corrected chi connectivity index (χ4v) is 2.90. The normalized spacial score (nSPS) is 14.7. The van der Waals surface area contributed by atoms with Gasteiger partial charge in [0.2, 0.25) is 0 Å². The minimum absolute atomic E-state index is 0.202. The number of benzene rings is 1. The van der Waals surface area contributed by atoms with Crippen LogP contribution < -0.4 is 10.6 Å². The molecule has 120 valence electrons.